The smallest absolute Gasteiger partial charge is 0.457 e. The first kappa shape index (κ1) is 62.4. The van der Waals surface area contributed by atoms with Gasteiger partial charge in [0.15, 0.2) is 0 Å². The van der Waals surface area contributed by atoms with Crippen molar-refractivity contribution in [3.8, 4) is 0 Å². The zero-order chi connectivity index (χ0) is 46.7. The summed E-state index contributed by atoms with van der Waals surface area (Å²) in [6.07, 6.45) is 59.4. The van der Waals surface area contributed by atoms with Gasteiger partial charge in [-0.3, -0.25) is 13.8 Å². The Kier molecular flexibility index (Phi) is 49.6. The molecule has 0 saturated heterocycles. The molecule has 0 aromatic carbocycles. The second-order valence-electron chi connectivity index (χ2n) is 17.9. The van der Waals surface area contributed by atoms with E-state index in [1.165, 1.54) is 161 Å². The van der Waals surface area contributed by atoms with Crippen molar-refractivity contribution in [3.63, 3.8) is 0 Å². The number of ether oxygens (including phenoxy) is 2. The fraction of sp³-hybridized carbons (Fsp3) is 0.833. The zero-order valence-electron chi connectivity index (χ0n) is 41.5. The van der Waals surface area contributed by atoms with Crippen LogP contribution in [0.5, 0.6) is 0 Å². The number of carbonyl (C=O) groups is 1. The molecule has 0 heterocycles. The predicted octanol–water partition coefficient (Wildman–Crippen LogP) is 15.7. The Morgan fingerprint density at radius 1 is 0.484 bits per heavy atom. The van der Waals surface area contributed by atoms with E-state index in [2.05, 4.69) is 62.5 Å². The van der Waals surface area contributed by atoms with Crippen molar-refractivity contribution in [2.24, 2.45) is 0 Å². The number of esters is 1. The lowest BCUT2D eigenvalue weighted by Gasteiger charge is -2.20. The number of allylic oxidation sites excluding steroid dienone is 8. The first-order valence-corrected chi connectivity index (χ1v) is 28.1. The molecule has 0 aliphatic heterocycles. The fourth-order valence-electron chi connectivity index (χ4n) is 7.42. The number of phosphoric acid groups is 1. The van der Waals surface area contributed by atoms with Crippen LogP contribution in [0.25, 0.3) is 0 Å². The molecule has 0 rings (SSSR count). The molecule has 0 saturated carbocycles. The third-order valence-electron chi connectivity index (χ3n) is 11.5. The summed E-state index contributed by atoms with van der Waals surface area (Å²) in [7, 11) is -4.53. The van der Waals surface area contributed by atoms with E-state index in [0.717, 1.165) is 57.8 Å². The average molecular weight is 925 g/mol. The molecule has 10 heteroatoms. The molecular weight excluding hydrogens is 824 g/mol. The molecule has 3 N–H and O–H groups in total. The number of carbonyl (C=O) groups excluding carboxylic acids is 1. The summed E-state index contributed by atoms with van der Waals surface area (Å²) in [6, 6.07) is 0. The first-order valence-electron chi connectivity index (χ1n) is 26.6. The van der Waals surface area contributed by atoms with Gasteiger partial charge in [-0.1, -0.05) is 210 Å². The topological polar surface area (TPSA) is 132 Å². The molecule has 3 atom stereocenters. The van der Waals surface area contributed by atoms with E-state index in [-0.39, 0.29) is 19.6 Å². The quantitative estimate of drug-likeness (QED) is 0.0236. The van der Waals surface area contributed by atoms with Crippen LogP contribution in [0.3, 0.4) is 0 Å². The van der Waals surface area contributed by atoms with Gasteiger partial charge in [-0.2, -0.15) is 0 Å². The van der Waals surface area contributed by atoms with Crippen molar-refractivity contribution in [1.82, 2.24) is 0 Å². The van der Waals surface area contributed by atoms with Crippen molar-refractivity contribution in [2.75, 3.05) is 33.0 Å². The molecule has 0 amide bonds. The van der Waals surface area contributed by atoms with Crippen LogP contribution in [0.15, 0.2) is 48.6 Å². The molecule has 0 aliphatic carbocycles. The lowest BCUT2D eigenvalue weighted by molar-refractivity contribution is -0.154. The maximum absolute atomic E-state index is 12.7. The fourth-order valence-corrected chi connectivity index (χ4v) is 8.21. The minimum atomic E-state index is -4.53. The summed E-state index contributed by atoms with van der Waals surface area (Å²) in [5.41, 5.74) is 0. The number of rotatable bonds is 51. The van der Waals surface area contributed by atoms with Gasteiger partial charge < -0.3 is 24.6 Å². The van der Waals surface area contributed by atoms with Crippen LogP contribution in [0.2, 0.25) is 0 Å². The van der Waals surface area contributed by atoms with Crippen molar-refractivity contribution in [1.29, 1.82) is 0 Å². The van der Waals surface area contributed by atoms with Crippen LogP contribution in [0, 0.1) is 0 Å². The van der Waals surface area contributed by atoms with Gasteiger partial charge in [0.05, 0.1) is 26.4 Å². The van der Waals surface area contributed by atoms with Crippen molar-refractivity contribution in [2.45, 2.75) is 257 Å². The van der Waals surface area contributed by atoms with Gasteiger partial charge in [0, 0.05) is 13.0 Å². The minimum absolute atomic E-state index is 0.0440. The van der Waals surface area contributed by atoms with Crippen molar-refractivity contribution >= 4 is 13.8 Å². The molecule has 0 fully saturated rings. The highest BCUT2D eigenvalue weighted by atomic mass is 31.2. The summed E-state index contributed by atoms with van der Waals surface area (Å²) >= 11 is 0. The number of unbranched alkanes of at least 4 members (excludes halogenated alkanes) is 29. The first-order chi connectivity index (χ1) is 31.3. The van der Waals surface area contributed by atoms with Crippen LogP contribution < -0.4 is 0 Å². The minimum Gasteiger partial charge on any atom is -0.457 e. The molecule has 376 valence electrons. The number of hydrogen-bond donors (Lipinski definition) is 3. The number of phosphoric ester groups is 1. The van der Waals surface area contributed by atoms with Gasteiger partial charge in [0.25, 0.3) is 0 Å². The standard InChI is InChI=1S/C54H101O9P/c1-3-5-7-9-11-13-15-17-19-21-23-24-25-26-27-29-31-33-35-37-39-41-43-45-47-60-50-53(51-62-64(58,59)61-49-52(56)48-55)63-54(57)46-44-42-40-38-36-34-32-30-28-22-20-18-16-14-12-10-8-6-4-2/h12,14,18,20-21,23,28,30,52-53,55-56H,3-11,13,15-17,19,22,24-27,29,31-51H2,1-2H3,(H,58,59)/b14-12-,20-18-,23-21-,30-28-. The Morgan fingerprint density at radius 3 is 1.31 bits per heavy atom. The summed E-state index contributed by atoms with van der Waals surface area (Å²) in [4.78, 5) is 22.7. The van der Waals surface area contributed by atoms with E-state index in [1.54, 1.807) is 0 Å². The highest BCUT2D eigenvalue weighted by Gasteiger charge is 2.26. The molecule has 0 bridgehead atoms. The molecule has 0 radical (unpaired) electrons. The van der Waals surface area contributed by atoms with Crippen LogP contribution in [0.4, 0.5) is 0 Å². The van der Waals surface area contributed by atoms with Gasteiger partial charge in [-0.15, -0.1) is 0 Å². The van der Waals surface area contributed by atoms with Gasteiger partial charge in [-0.05, 0) is 77.0 Å². The van der Waals surface area contributed by atoms with E-state index in [0.29, 0.717) is 13.0 Å². The van der Waals surface area contributed by atoms with Gasteiger partial charge in [0.1, 0.15) is 12.2 Å². The van der Waals surface area contributed by atoms with Crippen LogP contribution in [-0.2, 0) is 27.9 Å². The SMILES string of the molecule is CCCCC/C=C\C/C=C\C/C=C\CCCCCCCCC(=O)OC(COCCCCCCCCCCCCCC/C=C\CCCCCCCCCC)COP(=O)(O)OCC(O)CO. The Morgan fingerprint density at radius 2 is 0.844 bits per heavy atom. The third-order valence-corrected chi connectivity index (χ3v) is 12.4. The third kappa shape index (κ3) is 49.8. The number of aliphatic hydroxyl groups excluding tert-OH is 2. The summed E-state index contributed by atoms with van der Waals surface area (Å²) < 4.78 is 33.5. The monoisotopic (exact) mass is 925 g/mol. The van der Waals surface area contributed by atoms with Gasteiger partial charge >= 0.3 is 13.8 Å². The van der Waals surface area contributed by atoms with E-state index < -0.39 is 39.2 Å². The molecule has 0 aromatic heterocycles. The van der Waals surface area contributed by atoms with Crippen LogP contribution >= 0.6 is 7.82 Å². The van der Waals surface area contributed by atoms with Crippen LogP contribution in [-0.4, -0.2) is 66.3 Å². The second kappa shape index (κ2) is 50.8. The molecule has 0 spiro atoms. The molecule has 0 aromatic rings. The largest absolute Gasteiger partial charge is 0.472 e. The summed E-state index contributed by atoms with van der Waals surface area (Å²) in [6.45, 7) is 3.51. The zero-order valence-corrected chi connectivity index (χ0v) is 42.4. The average Bonchev–Trinajstić information content (AvgIpc) is 3.29. The molecular formula is C54H101O9P. The van der Waals surface area contributed by atoms with Gasteiger partial charge in [0.2, 0.25) is 0 Å². The Hall–Kier alpha value is -1.58. The van der Waals surface area contributed by atoms with E-state index in [9.17, 15) is 19.4 Å². The number of hydrogen-bond acceptors (Lipinski definition) is 8. The Bertz CT molecular complexity index is 1140. The van der Waals surface area contributed by atoms with E-state index in [4.69, 9.17) is 23.6 Å². The summed E-state index contributed by atoms with van der Waals surface area (Å²) in [5.74, 6) is -0.393. The normalized spacial score (nSPS) is 14.1. The Balaban J connectivity index is 4.06. The lowest BCUT2D eigenvalue weighted by atomic mass is 10.0. The van der Waals surface area contributed by atoms with E-state index >= 15 is 0 Å². The maximum Gasteiger partial charge on any atom is 0.472 e. The van der Waals surface area contributed by atoms with Crippen molar-refractivity contribution < 1.29 is 43.0 Å². The molecule has 64 heavy (non-hydrogen) atoms. The lowest BCUT2D eigenvalue weighted by Crippen LogP contribution is -2.29. The second-order valence-corrected chi connectivity index (χ2v) is 19.3. The predicted molar refractivity (Wildman–Crippen MR) is 270 cm³/mol. The van der Waals surface area contributed by atoms with Crippen LogP contribution in [0.1, 0.15) is 245 Å². The highest BCUT2D eigenvalue weighted by molar-refractivity contribution is 7.47. The van der Waals surface area contributed by atoms with E-state index in [1.807, 2.05) is 0 Å². The maximum atomic E-state index is 12.7. The number of aliphatic hydroxyl groups is 2. The van der Waals surface area contributed by atoms with Gasteiger partial charge in [-0.25, -0.2) is 4.57 Å². The highest BCUT2D eigenvalue weighted by Crippen LogP contribution is 2.43. The molecule has 0 aliphatic rings. The molecule has 9 nitrogen and oxygen atoms in total. The van der Waals surface area contributed by atoms with Crippen molar-refractivity contribution in [3.05, 3.63) is 48.6 Å². The molecule has 3 unspecified atom stereocenters. The Labute approximate surface area is 394 Å². The summed E-state index contributed by atoms with van der Waals surface area (Å²) in [5, 5.41) is 18.4.